The monoisotopic (exact) mass is 178 g/mol. The quantitative estimate of drug-likeness (QED) is 0.710. The topological polar surface area (TPSA) is 20.2 Å². The Bertz CT molecular complexity index is 108. The van der Waals surface area contributed by atoms with Gasteiger partial charge in [-0.1, -0.05) is 0 Å². The number of hydrogen-bond donors (Lipinski definition) is 1. The summed E-state index contributed by atoms with van der Waals surface area (Å²) in [5.74, 6) is 2.96. The Morgan fingerprint density at radius 3 is 2.91 bits per heavy atom. The largest absolute Gasteiger partial charge is 0.396 e. The summed E-state index contributed by atoms with van der Waals surface area (Å²) >= 11 is 1.88. The van der Waals surface area contributed by atoms with Gasteiger partial charge in [-0.2, -0.15) is 11.8 Å². The zero-order valence-corrected chi connectivity index (χ0v) is 7.45. The molecular weight excluding hydrogens is 163 g/mol. The molecule has 0 aliphatic carbocycles. The lowest BCUT2D eigenvalue weighted by Gasteiger charge is -2.28. The van der Waals surface area contributed by atoms with Crippen molar-refractivity contribution in [3.63, 3.8) is 0 Å². The third kappa shape index (κ3) is 2.64. The van der Waals surface area contributed by atoms with Gasteiger partial charge in [0.2, 0.25) is 0 Å². The predicted molar refractivity (Wildman–Crippen MR) is 46.6 cm³/mol. The second kappa shape index (κ2) is 4.99. The van der Waals surface area contributed by atoms with Crippen LogP contribution in [-0.4, -0.2) is 29.9 Å². The van der Waals surface area contributed by atoms with Crippen LogP contribution < -0.4 is 0 Å². The first-order valence-corrected chi connectivity index (χ1v) is 5.28. The van der Waals surface area contributed by atoms with E-state index in [1.54, 1.807) is 0 Å². The van der Waals surface area contributed by atoms with Crippen LogP contribution >= 0.6 is 11.8 Å². The average Bonchev–Trinajstić information content (AvgIpc) is 2.06. The lowest BCUT2D eigenvalue weighted by Crippen LogP contribution is -2.26. The smallest absolute Gasteiger partial charge is 0.0897 e. The van der Waals surface area contributed by atoms with Gasteiger partial charge in [0.05, 0.1) is 6.67 Å². The van der Waals surface area contributed by atoms with Crippen molar-refractivity contribution in [3.8, 4) is 0 Å². The molecule has 0 amide bonds. The molecule has 0 bridgehead atoms. The molecule has 0 aromatic carbocycles. The third-order valence-electron chi connectivity index (χ3n) is 2.35. The Kier molecular flexibility index (Phi) is 4.23. The van der Waals surface area contributed by atoms with Crippen LogP contribution in [0.2, 0.25) is 0 Å². The van der Waals surface area contributed by atoms with E-state index in [-0.39, 0.29) is 13.3 Å². The Labute approximate surface area is 71.4 Å². The van der Waals surface area contributed by atoms with E-state index in [1.807, 2.05) is 11.8 Å². The molecule has 1 aliphatic heterocycles. The van der Waals surface area contributed by atoms with Gasteiger partial charge in [0.1, 0.15) is 0 Å². The van der Waals surface area contributed by atoms with Gasteiger partial charge < -0.3 is 5.11 Å². The first-order valence-electron chi connectivity index (χ1n) is 4.13. The van der Waals surface area contributed by atoms with Crippen LogP contribution in [0.3, 0.4) is 0 Å². The molecule has 1 aliphatic rings. The van der Waals surface area contributed by atoms with Crippen LogP contribution in [0.4, 0.5) is 4.39 Å². The fraction of sp³-hybridized carbons (Fsp3) is 1.00. The van der Waals surface area contributed by atoms with E-state index in [2.05, 4.69) is 0 Å². The number of aliphatic hydroxyl groups excluding tert-OH is 1. The summed E-state index contributed by atoms with van der Waals surface area (Å²) < 4.78 is 12.0. The van der Waals surface area contributed by atoms with Crippen molar-refractivity contribution in [2.24, 2.45) is 11.8 Å². The Balaban J connectivity index is 2.31. The third-order valence-corrected chi connectivity index (χ3v) is 3.53. The predicted octanol–water partition coefficient (Wildman–Crippen LogP) is 1.71. The van der Waals surface area contributed by atoms with Crippen molar-refractivity contribution in [1.29, 1.82) is 0 Å². The molecule has 1 fully saturated rings. The number of halogens is 1. The molecule has 0 radical (unpaired) electrons. The number of alkyl halides is 1. The number of thioether (sulfide) groups is 1. The SMILES string of the molecule is OCC1CCSCC1CCF. The summed E-state index contributed by atoms with van der Waals surface area (Å²) in [6.07, 6.45) is 1.70. The highest BCUT2D eigenvalue weighted by Gasteiger charge is 2.24. The number of rotatable bonds is 3. The zero-order chi connectivity index (χ0) is 8.10. The molecule has 0 aromatic rings. The molecule has 2 atom stereocenters. The van der Waals surface area contributed by atoms with E-state index < -0.39 is 0 Å². The highest BCUT2D eigenvalue weighted by molar-refractivity contribution is 7.99. The van der Waals surface area contributed by atoms with Gasteiger partial charge >= 0.3 is 0 Å². The first kappa shape index (κ1) is 9.33. The molecule has 66 valence electrons. The fourth-order valence-corrected chi connectivity index (χ4v) is 2.92. The summed E-state index contributed by atoms with van der Waals surface area (Å²) in [5.41, 5.74) is 0. The molecule has 11 heavy (non-hydrogen) atoms. The second-order valence-electron chi connectivity index (χ2n) is 3.04. The van der Waals surface area contributed by atoms with Gasteiger partial charge in [0.25, 0.3) is 0 Å². The maximum atomic E-state index is 12.0. The maximum absolute atomic E-state index is 12.0. The lowest BCUT2D eigenvalue weighted by molar-refractivity contribution is 0.167. The molecule has 0 spiro atoms. The molecule has 3 heteroatoms. The first-order chi connectivity index (χ1) is 5.38. The van der Waals surface area contributed by atoms with E-state index >= 15 is 0 Å². The van der Waals surface area contributed by atoms with Crippen molar-refractivity contribution < 1.29 is 9.50 Å². The zero-order valence-electron chi connectivity index (χ0n) is 6.63. The molecule has 2 unspecified atom stereocenters. The van der Waals surface area contributed by atoms with Gasteiger partial charge in [0.15, 0.2) is 0 Å². The Morgan fingerprint density at radius 1 is 1.45 bits per heavy atom. The van der Waals surface area contributed by atoms with Crippen LogP contribution in [-0.2, 0) is 0 Å². The second-order valence-corrected chi connectivity index (χ2v) is 4.19. The highest BCUT2D eigenvalue weighted by Crippen LogP contribution is 2.30. The standard InChI is InChI=1S/C8H15FOS/c9-3-1-8-6-11-4-2-7(8)5-10/h7-8,10H,1-6H2. The summed E-state index contributed by atoms with van der Waals surface area (Å²) in [6, 6.07) is 0. The van der Waals surface area contributed by atoms with Gasteiger partial charge in [-0.3, -0.25) is 4.39 Å². The van der Waals surface area contributed by atoms with Gasteiger partial charge in [-0.05, 0) is 36.2 Å². The molecule has 1 N–H and O–H groups in total. The minimum absolute atomic E-state index is 0.234. The van der Waals surface area contributed by atoms with Gasteiger partial charge in [-0.25, -0.2) is 0 Å². The van der Waals surface area contributed by atoms with E-state index in [0.29, 0.717) is 18.3 Å². The molecular formula is C8H15FOS. The minimum atomic E-state index is -0.234. The molecule has 0 aromatic heterocycles. The van der Waals surface area contributed by atoms with Crippen LogP contribution in [0.15, 0.2) is 0 Å². The highest BCUT2D eigenvalue weighted by atomic mass is 32.2. The number of aliphatic hydroxyl groups is 1. The average molecular weight is 178 g/mol. The van der Waals surface area contributed by atoms with Crippen LogP contribution in [0, 0.1) is 11.8 Å². The molecule has 1 rings (SSSR count). The summed E-state index contributed by atoms with van der Waals surface area (Å²) in [7, 11) is 0. The van der Waals surface area contributed by atoms with Crippen molar-refractivity contribution in [1.82, 2.24) is 0 Å². The van der Waals surface area contributed by atoms with Crippen LogP contribution in [0.5, 0.6) is 0 Å². The molecule has 1 heterocycles. The summed E-state index contributed by atoms with van der Waals surface area (Å²) in [4.78, 5) is 0. The van der Waals surface area contributed by atoms with Crippen molar-refractivity contribution in [3.05, 3.63) is 0 Å². The van der Waals surface area contributed by atoms with Gasteiger partial charge in [0, 0.05) is 6.61 Å². The fourth-order valence-electron chi connectivity index (χ4n) is 1.54. The van der Waals surface area contributed by atoms with E-state index in [4.69, 9.17) is 5.11 Å². The summed E-state index contributed by atoms with van der Waals surface area (Å²) in [6.45, 7) is 0.00690. The molecule has 1 saturated heterocycles. The van der Waals surface area contributed by atoms with E-state index in [0.717, 1.165) is 17.9 Å². The van der Waals surface area contributed by atoms with Crippen molar-refractivity contribution >= 4 is 11.8 Å². The molecule has 0 saturated carbocycles. The van der Waals surface area contributed by atoms with E-state index in [1.165, 1.54) is 0 Å². The Hall–Kier alpha value is 0.240. The lowest BCUT2D eigenvalue weighted by atomic mass is 9.89. The van der Waals surface area contributed by atoms with Crippen molar-refractivity contribution in [2.75, 3.05) is 24.8 Å². The Morgan fingerprint density at radius 2 is 2.27 bits per heavy atom. The summed E-state index contributed by atoms with van der Waals surface area (Å²) in [5, 5.41) is 8.96. The van der Waals surface area contributed by atoms with Crippen LogP contribution in [0.1, 0.15) is 12.8 Å². The van der Waals surface area contributed by atoms with Crippen LogP contribution in [0.25, 0.3) is 0 Å². The van der Waals surface area contributed by atoms with Gasteiger partial charge in [-0.15, -0.1) is 0 Å². The normalized spacial score (nSPS) is 32.2. The number of hydrogen-bond acceptors (Lipinski definition) is 2. The minimum Gasteiger partial charge on any atom is -0.396 e. The van der Waals surface area contributed by atoms with E-state index in [9.17, 15) is 4.39 Å². The maximum Gasteiger partial charge on any atom is 0.0897 e. The molecule has 1 nitrogen and oxygen atoms in total. The van der Waals surface area contributed by atoms with Crippen molar-refractivity contribution in [2.45, 2.75) is 12.8 Å².